The van der Waals surface area contributed by atoms with Gasteiger partial charge in [0, 0.05) is 5.56 Å². The van der Waals surface area contributed by atoms with Gasteiger partial charge >= 0.3 is 7.12 Å². The molecule has 126 valence electrons. The Morgan fingerprint density at radius 2 is 1.74 bits per heavy atom. The van der Waals surface area contributed by atoms with Gasteiger partial charge < -0.3 is 19.2 Å². The first-order valence-electron chi connectivity index (χ1n) is 8.09. The smallest absolute Gasteiger partial charge is 0.490 e. The molecule has 0 bridgehead atoms. The molecule has 0 atom stereocenters. The van der Waals surface area contributed by atoms with Crippen molar-refractivity contribution in [2.75, 3.05) is 6.61 Å². The Bertz CT molecular complexity index is 562. The molecule has 4 nitrogen and oxygen atoms in total. The Balaban J connectivity index is 2.31. The van der Waals surface area contributed by atoms with Crippen molar-refractivity contribution in [1.82, 2.24) is 0 Å². The minimum absolute atomic E-state index is 0.0824. The van der Waals surface area contributed by atoms with Crippen molar-refractivity contribution in [2.45, 2.75) is 58.8 Å². The minimum atomic E-state index is -0.558. The van der Waals surface area contributed by atoms with E-state index in [9.17, 15) is 5.11 Å². The summed E-state index contributed by atoms with van der Waals surface area (Å²) < 4.78 is 17.9. The number of para-hydroxylation sites is 1. The molecule has 1 N–H and O–H groups in total. The second-order valence-corrected chi connectivity index (χ2v) is 7.17. The molecule has 0 radical (unpaired) electrons. The molecule has 1 aliphatic rings. The van der Waals surface area contributed by atoms with Crippen LogP contribution in [-0.4, -0.2) is 36.1 Å². The Labute approximate surface area is 139 Å². The van der Waals surface area contributed by atoms with Crippen LogP contribution in [-0.2, 0) is 9.31 Å². The molecular weight excluding hydrogens is 291 g/mol. The van der Waals surface area contributed by atoms with Gasteiger partial charge in [0.25, 0.3) is 0 Å². The van der Waals surface area contributed by atoms with Gasteiger partial charge in [0.15, 0.2) is 0 Å². The van der Waals surface area contributed by atoms with E-state index in [4.69, 9.17) is 14.0 Å². The number of hydrogen-bond acceptors (Lipinski definition) is 4. The number of hydrogen-bond donors (Lipinski definition) is 1. The molecule has 0 aromatic heterocycles. The molecule has 23 heavy (non-hydrogen) atoms. The van der Waals surface area contributed by atoms with Crippen LogP contribution in [0.3, 0.4) is 0 Å². The number of aliphatic hydroxyl groups is 1. The van der Waals surface area contributed by atoms with Gasteiger partial charge in [-0.15, -0.1) is 0 Å². The molecule has 0 unspecified atom stereocenters. The van der Waals surface area contributed by atoms with Crippen molar-refractivity contribution in [3.05, 3.63) is 35.3 Å². The fraction of sp³-hybridized carbons (Fsp3) is 0.556. The third-order valence-corrected chi connectivity index (χ3v) is 4.36. The molecule has 0 amide bonds. The average molecular weight is 318 g/mol. The van der Waals surface area contributed by atoms with Crippen LogP contribution >= 0.6 is 0 Å². The van der Waals surface area contributed by atoms with Crippen molar-refractivity contribution in [3.63, 3.8) is 0 Å². The molecule has 2 rings (SSSR count). The zero-order chi connectivity index (χ0) is 17.3. The monoisotopic (exact) mass is 318 g/mol. The van der Waals surface area contributed by atoms with E-state index in [-0.39, 0.29) is 12.7 Å². The summed E-state index contributed by atoms with van der Waals surface area (Å²) in [5, 5.41) is 9.79. The molecule has 1 aromatic rings. The summed E-state index contributed by atoms with van der Waals surface area (Å²) in [5.41, 5.74) is 0.725. The van der Waals surface area contributed by atoms with E-state index in [1.54, 1.807) is 0 Å². The van der Waals surface area contributed by atoms with Crippen LogP contribution in [0.5, 0.6) is 5.75 Å². The first-order chi connectivity index (χ1) is 10.7. The van der Waals surface area contributed by atoms with E-state index in [0.29, 0.717) is 5.47 Å². The summed E-state index contributed by atoms with van der Waals surface area (Å²) in [4.78, 5) is 0. The van der Waals surface area contributed by atoms with Crippen molar-refractivity contribution < 1.29 is 19.2 Å². The molecule has 1 aromatic carbocycles. The third kappa shape index (κ3) is 3.97. The molecule has 0 spiro atoms. The Hall–Kier alpha value is -1.30. The van der Waals surface area contributed by atoms with Gasteiger partial charge in [0.05, 0.1) is 23.9 Å². The van der Waals surface area contributed by atoms with Crippen LogP contribution in [0.1, 0.15) is 47.1 Å². The lowest BCUT2D eigenvalue weighted by Crippen LogP contribution is -2.41. The van der Waals surface area contributed by atoms with Crippen LogP contribution in [0.4, 0.5) is 0 Å². The van der Waals surface area contributed by atoms with Gasteiger partial charge in [-0.2, -0.15) is 0 Å². The molecular formula is C18H27BO4. The molecule has 0 saturated carbocycles. The highest BCUT2D eigenvalue weighted by atomic mass is 16.7. The van der Waals surface area contributed by atoms with E-state index in [2.05, 4.69) is 0 Å². The van der Waals surface area contributed by atoms with Crippen LogP contribution < -0.4 is 4.74 Å². The molecule has 5 heteroatoms. The van der Waals surface area contributed by atoms with Crippen LogP contribution in [0, 0.1) is 0 Å². The zero-order valence-electron chi connectivity index (χ0n) is 14.9. The van der Waals surface area contributed by atoms with Crippen LogP contribution in [0.2, 0.25) is 0 Å². The van der Waals surface area contributed by atoms with Gasteiger partial charge in [-0.25, -0.2) is 0 Å². The average Bonchev–Trinajstić information content (AvgIpc) is 2.65. The Kier molecular flexibility index (Phi) is 5.24. The quantitative estimate of drug-likeness (QED) is 0.845. The Morgan fingerprint density at radius 3 is 2.26 bits per heavy atom. The Morgan fingerprint density at radius 1 is 1.17 bits per heavy atom. The maximum absolute atomic E-state index is 9.79. The van der Waals surface area contributed by atoms with E-state index in [1.807, 2.05) is 71.9 Å². The van der Waals surface area contributed by atoms with Crippen molar-refractivity contribution in [1.29, 1.82) is 0 Å². The van der Waals surface area contributed by atoms with E-state index >= 15 is 0 Å². The third-order valence-electron chi connectivity index (χ3n) is 4.36. The van der Waals surface area contributed by atoms with Gasteiger partial charge in [0.2, 0.25) is 0 Å². The summed E-state index contributed by atoms with van der Waals surface area (Å²) in [6.07, 6.45) is 1.97. The highest BCUT2D eigenvalue weighted by Gasteiger charge is 2.52. The lowest BCUT2D eigenvalue weighted by molar-refractivity contribution is 0.00578. The first kappa shape index (κ1) is 18.0. The summed E-state index contributed by atoms with van der Waals surface area (Å²) in [7, 11) is -0.558. The standard InChI is InChI=1S/C18H27BO4/c1-13(2)21-16-10-8-7-9-14(16)11-15(12-20)19-22-17(3,4)18(5,6)23-19/h7-11,13,20H,12H2,1-6H3. The summed E-state index contributed by atoms with van der Waals surface area (Å²) >= 11 is 0. The van der Waals surface area contributed by atoms with Gasteiger partial charge in [-0.05, 0) is 53.1 Å². The van der Waals surface area contributed by atoms with E-state index in [0.717, 1.165) is 11.3 Å². The molecule has 1 fully saturated rings. The maximum atomic E-state index is 9.79. The second kappa shape index (κ2) is 6.67. The van der Waals surface area contributed by atoms with Crippen molar-refractivity contribution >= 4 is 13.2 Å². The van der Waals surface area contributed by atoms with Crippen molar-refractivity contribution in [2.24, 2.45) is 0 Å². The van der Waals surface area contributed by atoms with Crippen LogP contribution in [0.15, 0.2) is 29.7 Å². The van der Waals surface area contributed by atoms with Crippen molar-refractivity contribution in [3.8, 4) is 5.75 Å². The fourth-order valence-electron chi connectivity index (χ4n) is 2.34. The molecule has 1 saturated heterocycles. The zero-order valence-corrected chi connectivity index (χ0v) is 14.9. The van der Waals surface area contributed by atoms with E-state index < -0.39 is 18.3 Å². The van der Waals surface area contributed by atoms with Gasteiger partial charge in [0.1, 0.15) is 5.75 Å². The number of ether oxygens (including phenoxy) is 1. The second-order valence-electron chi connectivity index (χ2n) is 7.17. The molecule has 0 aliphatic carbocycles. The summed E-state index contributed by atoms with van der Waals surface area (Å²) in [6, 6.07) is 7.75. The van der Waals surface area contributed by atoms with Crippen LogP contribution in [0.25, 0.3) is 6.08 Å². The highest BCUT2D eigenvalue weighted by molar-refractivity contribution is 6.55. The van der Waals surface area contributed by atoms with Gasteiger partial charge in [-0.3, -0.25) is 0 Å². The summed E-state index contributed by atoms with van der Waals surface area (Å²) in [6.45, 7) is 11.8. The predicted molar refractivity (Wildman–Crippen MR) is 93.4 cm³/mol. The maximum Gasteiger partial charge on any atom is 0.492 e. The number of rotatable bonds is 5. The SMILES string of the molecule is CC(C)Oc1ccccc1C=C(CO)B1OC(C)(C)C(C)(C)O1. The number of benzene rings is 1. The number of aliphatic hydroxyl groups excluding tert-OH is 1. The van der Waals surface area contributed by atoms with Gasteiger partial charge in [-0.1, -0.05) is 24.3 Å². The molecule has 1 heterocycles. The molecule has 1 aliphatic heterocycles. The highest BCUT2D eigenvalue weighted by Crippen LogP contribution is 2.39. The predicted octanol–water partition coefficient (Wildman–Crippen LogP) is 3.48. The first-order valence-corrected chi connectivity index (χ1v) is 8.09. The lowest BCUT2D eigenvalue weighted by atomic mass is 9.77. The minimum Gasteiger partial charge on any atom is -0.490 e. The summed E-state index contributed by atoms with van der Waals surface area (Å²) in [5.74, 6) is 0.782. The van der Waals surface area contributed by atoms with E-state index in [1.165, 1.54) is 0 Å². The largest absolute Gasteiger partial charge is 0.492 e. The normalized spacial score (nSPS) is 20.2. The fourth-order valence-corrected chi connectivity index (χ4v) is 2.34. The lowest BCUT2D eigenvalue weighted by Gasteiger charge is -2.32. The topological polar surface area (TPSA) is 47.9 Å².